The molecule has 2 aromatic rings. The number of hydrogen-bond donors (Lipinski definition) is 1. The van der Waals surface area contributed by atoms with Gasteiger partial charge in [0.25, 0.3) is 5.91 Å². The number of hydrogen-bond acceptors (Lipinski definition) is 4. The Bertz CT molecular complexity index is 760. The molecule has 2 heterocycles. The molecule has 0 aliphatic carbocycles. The molecule has 1 aromatic carbocycles. The Morgan fingerprint density at radius 3 is 2.96 bits per heavy atom. The molecule has 1 aliphatic rings. The third kappa shape index (κ3) is 3.87. The Kier molecular flexibility index (Phi) is 5.43. The maximum atomic E-state index is 12.9. The van der Waals surface area contributed by atoms with Gasteiger partial charge in [0.15, 0.2) is 0 Å². The number of carbonyl (C=O) groups is 2. The SMILES string of the molecule is COc1ccc(Br)c(C(=O)N2CCCC2C(=O)NCc2ccco2)c1. The van der Waals surface area contributed by atoms with Crippen LogP contribution in [0.15, 0.2) is 45.5 Å². The summed E-state index contributed by atoms with van der Waals surface area (Å²) in [5.74, 6) is 0.937. The molecule has 1 saturated heterocycles. The number of likely N-dealkylation sites (tertiary alicyclic amines) is 1. The van der Waals surface area contributed by atoms with Crippen LogP contribution in [-0.2, 0) is 11.3 Å². The van der Waals surface area contributed by atoms with E-state index < -0.39 is 6.04 Å². The van der Waals surface area contributed by atoms with Gasteiger partial charge in [-0.1, -0.05) is 0 Å². The molecule has 0 saturated carbocycles. The van der Waals surface area contributed by atoms with Gasteiger partial charge in [-0.15, -0.1) is 0 Å². The van der Waals surface area contributed by atoms with E-state index in [9.17, 15) is 9.59 Å². The second kappa shape index (κ2) is 7.74. The molecule has 1 N–H and O–H groups in total. The van der Waals surface area contributed by atoms with Gasteiger partial charge in [0.1, 0.15) is 17.6 Å². The first-order valence-corrected chi connectivity index (χ1v) is 8.84. The van der Waals surface area contributed by atoms with Gasteiger partial charge >= 0.3 is 0 Å². The van der Waals surface area contributed by atoms with E-state index in [1.807, 2.05) is 0 Å². The van der Waals surface area contributed by atoms with Crippen molar-refractivity contribution in [3.05, 3.63) is 52.4 Å². The second-order valence-corrected chi connectivity index (χ2v) is 6.65. The lowest BCUT2D eigenvalue weighted by molar-refractivity contribution is -0.125. The number of carbonyl (C=O) groups excluding carboxylic acids is 2. The molecule has 7 heteroatoms. The van der Waals surface area contributed by atoms with Crippen LogP contribution in [0.3, 0.4) is 0 Å². The van der Waals surface area contributed by atoms with E-state index >= 15 is 0 Å². The molecule has 6 nitrogen and oxygen atoms in total. The number of ether oxygens (including phenoxy) is 1. The third-order valence-corrected chi connectivity index (χ3v) is 4.93. The molecule has 1 unspecified atom stereocenters. The van der Waals surface area contributed by atoms with Gasteiger partial charge in [0.2, 0.25) is 5.91 Å². The van der Waals surface area contributed by atoms with E-state index in [4.69, 9.17) is 9.15 Å². The topological polar surface area (TPSA) is 71.8 Å². The van der Waals surface area contributed by atoms with Gasteiger partial charge in [-0.2, -0.15) is 0 Å². The van der Waals surface area contributed by atoms with Crippen molar-refractivity contribution >= 4 is 27.7 Å². The number of furan rings is 1. The predicted molar refractivity (Wildman–Crippen MR) is 95.3 cm³/mol. The molecule has 1 atom stereocenters. The van der Waals surface area contributed by atoms with E-state index in [2.05, 4.69) is 21.2 Å². The zero-order chi connectivity index (χ0) is 17.8. The Hall–Kier alpha value is -2.28. The van der Waals surface area contributed by atoms with Gasteiger partial charge in [0.05, 0.1) is 25.5 Å². The standard InChI is InChI=1S/C18H19BrN2O4/c1-24-12-6-7-15(19)14(10-12)18(23)21-8-2-5-16(21)17(22)20-11-13-4-3-9-25-13/h3-4,6-7,9-10,16H,2,5,8,11H2,1H3,(H,20,22). The highest BCUT2D eigenvalue weighted by Gasteiger charge is 2.35. The predicted octanol–water partition coefficient (Wildman–Crippen LogP) is 2.97. The molecule has 3 rings (SSSR count). The molecule has 1 fully saturated rings. The Morgan fingerprint density at radius 1 is 1.40 bits per heavy atom. The van der Waals surface area contributed by atoms with Gasteiger partial charge in [-0.25, -0.2) is 0 Å². The van der Waals surface area contributed by atoms with Crippen LogP contribution in [0.1, 0.15) is 29.0 Å². The smallest absolute Gasteiger partial charge is 0.255 e. The normalized spacial score (nSPS) is 16.7. The lowest BCUT2D eigenvalue weighted by Gasteiger charge is -2.24. The summed E-state index contributed by atoms with van der Waals surface area (Å²) in [5, 5.41) is 2.84. The van der Waals surface area contributed by atoms with E-state index in [-0.39, 0.29) is 11.8 Å². The minimum absolute atomic E-state index is 0.165. The monoisotopic (exact) mass is 406 g/mol. The van der Waals surface area contributed by atoms with Crippen LogP contribution >= 0.6 is 15.9 Å². The van der Waals surface area contributed by atoms with Crippen LogP contribution in [-0.4, -0.2) is 36.4 Å². The van der Waals surface area contributed by atoms with Crippen LogP contribution in [0.25, 0.3) is 0 Å². The number of halogens is 1. The van der Waals surface area contributed by atoms with Crippen molar-refractivity contribution in [2.45, 2.75) is 25.4 Å². The summed E-state index contributed by atoms with van der Waals surface area (Å²) in [6.07, 6.45) is 3.01. The minimum Gasteiger partial charge on any atom is -0.497 e. The van der Waals surface area contributed by atoms with E-state index in [1.165, 1.54) is 0 Å². The van der Waals surface area contributed by atoms with Crippen LogP contribution in [0.4, 0.5) is 0 Å². The first-order chi connectivity index (χ1) is 12.1. The Balaban J connectivity index is 1.72. The molecule has 0 bridgehead atoms. The quantitative estimate of drug-likeness (QED) is 0.828. The maximum Gasteiger partial charge on any atom is 0.255 e. The highest BCUT2D eigenvalue weighted by molar-refractivity contribution is 9.10. The van der Waals surface area contributed by atoms with Gasteiger partial charge < -0.3 is 19.4 Å². The largest absolute Gasteiger partial charge is 0.497 e. The molecule has 0 spiro atoms. The average molecular weight is 407 g/mol. The fourth-order valence-electron chi connectivity index (χ4n) is 2.94. The number of rotatable bonds is 5. The number of benzene rings is 1. The maximum absolute atomic E-state index is 12.9. The average Bonchev–Trinajstić information content (AvgIpc) is 3.31. The first-order valence-electron chi connectivity index (χ1n) is 8.04. The van der Waals surface area contributed by atoms with Gasteiger partial charge in [0, 0.05) is 11.0 Å². The van der Waals surface area contributed by atoms with Crippen molar-refractivity contribution in [1.29, 1.82) is 0 Å². The molecular formula is C18H19BrN2O4. The first kappa shape index (κ1) is 17.5. The van der Waals surface area contributed by atoms with E-state index in [1.54, 1.807) is 48.6 Å². The zero-order valence-electron chi connectivity index (χ0n) is 13.8. The summed E-state index contributed by atoms with van der Waals surface area (Å²) in [4.78, 5) is 27.1. The number of nitrogens with one attached hydrogen (secondary N) is 1. The zero-order valence-corrected chi connectivity index (χ0v) is 15.4. The van der Waals surface area contributed by atoms with E-state index in [0.717, 1.165) is 6.42 Å². The van der Waals surface area contributed by atoms with Crippen molar-refractivity contribution in [1.82, 2.24) is 10.2 Å². The molecule has 25 heavy (non-hydrogen) atoms. The van der Waals surface area contributed by atoms with Gasteiger partial charge in [-0.3, -0.25) is 9.59 Å². The summed E-state index contributed by atoms with van der Waals surface area (Å²) in [6.45, 7) is 0.870. The Morgan fingerprint density at radius 2 is 2.24 bits per heavy atom. The fraction of sp³-hybridized carbons (Fsp3) is 0.333. The molecule has 2 amide bonds. The molecular weight excluding hydrogens is 388 g/mol. The number of methoxy groups -OCH3 is 1. The van der Waals surface area contributed by atoms with Crippen LogP contribution in [0.2, 0.25) is 0 Å². The van der Waals surface area contributed by atoms with Crippen LogP contribution in [0, 0.1) is 0 Å². The van der Waals surface area contributed by atoms with Crippen molar-refractivity contribution < 1.29 is 18.7 Å². The van der Waals surface area contributed by atoms with E-state index in [0.29, 0.717) is 41.1 Å². The lowest BCUT2D eigenvalue weighted by atomic mass is 10.1. The van der Waals surface area contributed by atoms with Crippen molar-refractivity contribution in [2.75, 3.05) is 13.7 Å². The summed E-state index contributed by atoms with van der Waals surface area (Å²) >= 11 is 3.41. The lowest BCUT2D eigenvalue weighted by Crippen LogP contribution is -2.45. The second-order valence-electron chi connectivity index (χ2n) is 5.80. The van der Waals surface area contributed by atoms with Crippen LogP contribution < -0.4 is 10.1 Å². The highest BCUT2D eigenvalue weighted by Crippen LogP contribution is 2.27. The summed E-state index contributed by atoms with van der Waals surface area (Å²) in [5.41, 5.74) is 0.491. The molecule has 0 radical (unpaired) electrons. The summed E-state index contributed by atoms with van der Waals surface area (Å²) in [7, 11) is 1.55. The third-order valence-electron chi connectivity index (χ3n) is 4.24. The summed E-state index contributed by atoms with van der Waals surface area (Å²) < 4.78 is 11.1. The number of nitrogens with zero attached hydrogens (tertiary/aromatic N) is 1. The van der Waals surface area contributed by atoms with Crippen LogP contribution in [0.5, 0.6) is 5.75 Å². The summed E-state index contributed by atoms with van der Waals surface area (Å²) in [6, 6.07) is 8.33. The molecule has 132 valence electrons. The van der Waals surface area contributed by atoms with Crippen molar-refractivity contribution in [3.8, 4) is 5.75 Å². The number of amides is 2. The van der Waals surface area contributed by atoms with Gasteiger partial charge in [-0.05, 0) is 59.1 Å². The highest BCUT2D eigenvalue weighted by atomic mass is 79.9. The van der Waals surface area contributed by atoms with Crippen molar-refractivity contribution in [3.63, 3.8) is 0 Å². The molecule has 1 aliphatic heterocycles. The molecule has 1 aromatic heterocycles. The fourth-order valence-corrected chi connectivity index (χ4v) is 3.35. The Labute approximate surface area is 154 Å². The van der Waals surface area contributed by atoms with Crippen molar-refractivity contribution in [2.24, 2.45) is 0 Å². The minimum atomic E-state index is -0.472.